The Morgan fingerprint density at radius 3 is 2.71 bits per heavy atom. The normalized spacial score (nSPS) is 17.9. The van der Waals surface area contributed by atoms with Crippen LogP contribution < -0.4 is 10.1 Å². The monoisotopic (exact) mass is 292 g/mol. The smallest absolute Gasteiger partial charge is 0.410 e. The molecule has 1 aromatic rings. The van der Waals surface area contributed by atoms with Crippen LogP contribution in [0.3, 0.4) is 0 Å². The molecule has 0 saturated heterocycles. The molecule has 0 radical (unpaired) electrons. The SMILES string of the molecule is CN(C(=O)OC(C)(C)C)[C@@H]1COc2ccccc2NC1=O. The van der Waals surface area contributed by atoms with E-state index < -0.39 is 17.7 Å². The van der Waals surface area contributed by atoms with Crippen molar-refractivity contribution in [3.05, 3.63) is 24.3 Å². The molecule has 0 spiro atoms. The molecule has 1 N–H and O–H groups in total. The van der Waals surface area contributed by atoms with Crippen LogP contribution in [0.15, 0.2) is 24.3 Å². The van der Waals surface area contributed by atoms with Gasteiger partial charge in [-0.3, -0.25) is 9.69 Å². The van der Waals surface area contributed by atoms with Gasteiger partial charge in [-0.25, -0.2) is 4.79 Å². The Labute approximate surface area is 124 Å². The van der Waals surface area contributed by atoms with Crippen molar-refractivity contribution < 1.29 is 19.1 Å². The van der Waals surface area contributed by atoms with Crippen LogP contribution in [-0.2, 0) is 9.53 Å². The summed E-state index contributed by atoms with van der Waals surface area (Å²) in [6.45, 7) is 5.41. The third-order valence-corrected chi connectivity index (χ3v) is 2.99. The summed E-state index contributed by atoms with van der Waals surface area (Å²) >= 11 is 0. The second-order valence-corrected chi connectivity index (χ2v) is 5.90. The number of rotatable bonds is 1. The third-order valence-electron chi connectivity index (χ3n) is 2.99. The maximum atomic E-state index is 12.2. The van der Waals surface area contributed by atoms with Crippen LogP contribution in [0, 0.1) is 0 Å². The lowest BCUT2D eigenvalue weighted by Gasteiger charge is -2.28. The standard InChI is InChI=1S/C15H20N2O4/c1-15(2,3)21-14(19)17(4)11-9-20-12-8-6-5-7-10(12)16-13(11)18/h5-8,11H,9H2,1-4H3,(H,16,18)/t11-/m1/s1. The number of nitrogens with one attached hydrogen (secondary N) is 1. The third kappa shape index (κ3) is 3.65. The van der Waals surface area contributed by atoms with Gasteiger partial charge in [0.25, 0.3) is 5.91 Å². The van der Waals surface area contributed by atoms with Crippen molar-refractivity contribution in [1.82, 2.24) is 4.90 Å². The molecule has 2 amide bonds. The Morgan fingerprint density at radius 1 is 1.38 bits per heavy atom. The molecular formula is C15H20N2O4. The molecule has 1 aliphatic heterocycles. The highest BCUT2D eigenvalue weighted by Gasteiger charge is 2.33. The zero-order valence-electron chi connectivity index (χ0n) is 12.7. The Morgan fingerprint density at radius 2 is 2.05 bits per heavy atom. The maximum Gasteiger partial charge on any atom is 0.410 e. The molecule has 1 atom stereocenters. The van der Waals surface area contributed by atoms with Crippen LogP contribution in [0.1, 0.15) is 20.8 Å². The Balaban J connectivity index is 2.11. The van der Waals surface area contributed by atoms with Crippen molar-refractivity contribution in [2.24, 2.45) is 0 Å². The first-order valence-corrected chi connectivity index (χ1v) is 6.76. The first-order chi connectivity index (χ1) is 9.78. The highest BCUT2D eigenvalue weighted by molar-refractivity contribution is 5.98. The van der Waals surface area contributed by atoms with E-state index >= 15 is 0 Å². The summed E-state index contributed by atoms with van der Waals surface area (Å²) in [5.41, 5.74) is -0.0151. The Hall–Kier alpha value is -2.24. The molecule has 0 fully saturated rings. The van der Waals surface area contributed by atoms with Gasteiger partial charge in [0.1, 0.15) is 24.0 Å². The van der Waals surface area contributed by atoms with Gasteiger partial charge in [0, 0.05) is 7.05 Å². The summed E-state index contributed by atoms with van der Waals surface area (Å²) in [6.07, 6.45) is -0.558. The number of carbonyl (C=O) groups is 2. The summed E-state index contributed by atoms with van der Waals surface area (Å²) < 4.78 is 10.9. The lowest BCUT2D eigenvalue weighted by molar-refractivity contribution is -0.121. The molecule has 0 aliphatic carbocycles. The first kappa shape index (κ1) is 15.2. The number of amides is 2. The zero-order valence-corrected chi connectivity index (χ0v) is 12.7. The summed E-state index contributed by atoms with van der Waals surface area (Å²) in [7, 11) is 1.53. The molecule has 114 valence electrons. The minimum Gasteiger partial charge on any atom is -0.489 e. The van der Waals surface area contributed by atoms with Gasteiger partial charge in [0.15, 0.2) is 0 Å². The van der Waals surface area contributed by atoms with E-state index in [2.05, 4.69) is 5.32 Å². The van der Waals surface area contributed by atoms with Gasteiger partial charge in [-0.2, -0.15) is 0 Å². The van der Waals surface area contributed by atoms with Crippen molar-refractivity contribution in [1.29, 1.82) is 0 Å². The lowest BCUT2D eigenvalue weighted by Crippen LogP contribution is -2.49. The molecule has 6 heteroatoms. The van der Waals surface area contributed by atoms with Gasteiger partial charge in [-0.15, -0.1) is 0 Å². The van der Waals surface area contributed by atoms with E-state index in [1.165, 1.54) is 11.9 Å². The summed E-state index contributed by atoms with van der Waals surface area (Å²) in [5, 5.41) is 2.76. The van der Waals surface area contributed by atoms with Crippen molar-refractivity contribution >= 4 is 17.7 Å². The van der Waals surface area contributed by atoms with Gasteiger partial charge < -0.3 is 14.8 Å². The predicted octanol–water partition coefficient (Wildman–Crippen LogP) is 2.25. The molecule has 0 unspecified atom stereocenters. The second kappa shape index (κ2) is 5.63. The number of fused-ring (bicyclic) bond motifs is 1. The number of hydrogen-bond donors (Lipinski definition) is 1. The van der Waals surface area contributed by atoms with Crippen LogP contribution in [0.4, 0.5) is 10.5 Å². The fourth-order valence-corrected chi connectivity index (χ4v) is 1.91. The van der Waals surface area contributed by atoms with E-state index in [1.807, 2.05) is 6.07 Å². The maximum absolute atomic E-state index is 12.2. The molecular weight excluding hydrogens is 272 g/mol. The molecule has 0 saturated carbocycles. The molecule has 1 aromatic carbocycles. The van der Waals surface area contributed by atoms with Gasteiger partial charge in [-0.1, -0.05) is 12.1 Å². The van der Waals surface area contributed by atoms with Crippen LogP contribution in [0.2, 0.25) is 0 Å². The van der Waals surface area contributed by atoms with E-state index in [0.29, 0.717) is 11.4 Å². The first-order valence-electron chi connectivity index (χ1n) is 6.76. The molecule has 6 nitrogen and oxygen atoms in total. The van der Waals surface area contributed by atoms with E-state index in [0.717, 1.165) is 0 Å². The zero-order chi connectivity index (χ0) is 15.6. The van der Waals surface area contributed by atoms with Crippen LogP contribution in [0.25, 0.3) is 0 Å². The van der Waals surface area contributed by atoms with E-state index in [9.17, 15) is 9.59 Å². The Bertz CT molecular complexity index is 551. The summed E-state index contributed by atoms with van der Waals surface area (Å²) in [6, 6.07) is 6.41. The highest BCUT2D eigenvalue weighted by Crippen LogP contribution is 2.27. The number of para-hydroxylation sites is 2. The molecule has 2 rings (SSSR count). The number of benzene rings is 1. The predicted molar refractivity (Wildman–Crippen MR) is 78.4 cm³/mol. The van der Waals surface area contributed by atoms with Gasteiger partial charge in [0.2, 0.25) is 0 Å². The summed E-state index contributed by atoms with van der Waals surface area (Å²) in [5.74, 6) is 0.291. The number of anilines is 1. The summed E-state index contributed by atoms with van der Waals surface area (Å²) in [4.78, 5) is 25.6. The number of ether oxygens (including phenoxy) is 2. The topological polar surface area (TPSA) is 67.9 Å². The quantitative estimate of drug-likeness (QED) is 0.862. The van der Waals surface area contributed by atoms with Crippen molar-refractivity contribution in [2.45, 2.75) is 32.4 Å². The largest absolute Gasteiger partial charge is 0.489 e. The minimum atomic E-state index is -0.743. The minimum absolute atomic E-state index is 0.0819. The van der Waals surface area contributed by atoms with Gasteiger partial charge in [0.05, 0.1) is 5.69 Å². The van der Waals surface area contributed by atoms with Gasteiger partial charge in [-0.05, 0) is 32.9 Å². The van der Waals surface area contributed by atoms with Crippen LogP contribution in [-0.4, -0.2) is 42.2 Å². The lowest BCUT2D eigenvalue weighted by atomic mass is 10.2. The van der Waals surface area contributed by atoms with Crippen LogP contribution in [0.5, 0.6) is 5.75 Å². The average molecular weight is 292 g/mol. The second-order valence-electron chi connectivity index (χ2n) is 5.90. The van der Waals surface area contributed by atoms with E-state index in [4.69, 9.17) is 9.47 Å². The molecule has 0 bridgehead atoms. The van der Waals surface area contributed by atoms with Crippen LogP contribution >= 0.6 is 0 Å². The fourth-order valence-electron chi connectivity index (χ4n) is 1.91. The number of hydrogen-bond acceptors (Lipinski definition) is 4. The highest BCUT2D eigenvalue weighted by atomic mass is 16.6. The molecule has 21 heavy (non-hydrogen) atoms. The number of likely N-dealkylation sites (N-methyl/N-ethyl adjacent to an activating group) is 1. The van der Waals surface area contributed by atoms with Crippen molar-refractivity contribution in [2.75, 3.05) is 19.0 Å². The van der Waals surface area contributed by atoms with Crippen molar-refractivity contribution in [3.8, 4) is 5.75 Å². The van der Waals surface area contributed by atoms with Crippen molar-refractivity contribution in [3.63, 3.8) is 0 Å². The Kier molecular flexibility index (Phi) is 4.06. The fraction of sp³-hybridized carbons (Fsp3) is 0.467. The molecule has 1 heterocycles. The number of carbonyl (C=O) groups excluding carboxylic acids is 2. The average Bonchev–Trinajstić information content (AvgIpc) is 2.54. The van der Waals surface area contributed by atoms with Gasteiger partial charge >= 0.3 is 6.09 Å². The molecule has 0 aromatic heterocycles. The number of nitrogens with zero attached hydrogens (tertiary/aromatic N) is 1. The van der Waals surface area contributed by atoms with E-state index in [1.54, 1.807) is 39.0 Å². The molecule has 1 aliphatic rings. The van der Waals surface area contributed by atoms with E-state index in [-0.39, 0.29) is 12.5 Å².